The summed E-state index contributed by atoms with van der Waals surface area (Å²) in [6.07, 6.45) is 21.8. The number of fused-ring (bicyclic) bond motifs is 1. The van der Waals surface area contributed by atoms with Crippen LogP contribution in [0.2, 0.25) is 0 Å². The predicted octanol–water partition coefficient (Wildman–Crippen LogP) is 3.11. The number of hydrogen-bond acceptors (Lipinski definition) is 0. The van der Waals surface area contributed by atoms with Gasteiger partial charge < -0.3 is 0 Å². The van der Waals surface area contributed by atoms with E-state index in [0.717, 1.165) is 12.8 Å². The lowest BCUT2D eigenvalue weighted by atomic mass is 10.0. The van der Waals surface area contributed by atoms with Crippen LogP contribution in [0.25, 0.3) is 18.2 Å². The molecule has 1 aromatic carbocycles. The monoisotopic (exact) mass is 232 g/mol. The molecule has 0 heterocycles. The maximum Gasteiger partial charge on any atom is -0.0157 e. The van der Waals surface area contributed by atoms with E-state index in [9.17, 15) is 0 Å². The van der Waals surface area contributed by atoms with Gasteiger partial charge in [0.1, 0.15) is 0 Å². The fraction of sp³-hybridized carbons (Fsp3) is 0.111. The molecule has 0 N–H and O–H groups in total. The van der Waals surface area contributed by atoms with Crippen LogP contribution in [0, 0.1) is 0 Å². The fourth-order valence-corrected chi connectivity index (χ4v) is 2.26. The molecule has 0 fully saturated rings. The van der Waals surface area contributed by atoms with Crippen molar-refractivity contribution in [3.63, 3.8) is 0 Å². The van der Waals surface area contributed by atoms with Gasteiger partial charge in [-0.15, -0.1) is 0 Å². The van der Waals surface area contributed by atoms with Crippen LogP contribution in [0.5, 0.6) is 0 Å². The topological polar surface area (TPSA) is 0 Å². The Morgan fingerprint density at radius 3 is 2.56 bits per heavy atom. The summed E-state index contributed by atoms with van der Waals surface area (Å²) in [7, 11) is 0. The average molecular weight is 232 g/mol. The minimum absolute atomic E-state index is 1.05. The lowest BCUT2D eigenvalue weighted by molar-refractivity contribution is 1.34. The van der Waals surface area contributed by atoms with Crippen molar-refractivity contribution in [2.24, 2.45) is 0 Å². The molecule has 0 nitrogen and oxygen atoms in total. The number of hydrogen-bond donors (Lipinski definition) is 0. The zero-order valence-corrected chi connectivity index (χ0v) is 10.3. The summed E-state index contributed by atoms with van der Waals surface area (Å²) < 4.78 is 0. The first-order valence-corrected chi connectivity index (χ1v) is 6.44. The minimum Gasteiger partial charge on any atom is -0.0801 e. The van der Waals surface area contributed by atoms with Crippen molar-refractivity contribution in [1.29, 1.82) is 0 Å². The standard InChI is InChI=1S/C18H16/c1-2-6-15(7-3-1)10-11-16-12-13-17-8-4-5-9-18(17)14-16/h2-3,5-14H,1,4H2/b16-11-. The lowest BCUT2D eigenvalue weighted by Crippen LogP contribution is -2.13. The van der Waals surface area contributed by atoms with Crippen LogP contribution in [0.15, 0.2) is 60.2 Å². The number of benzene rings is 1. The zero-order chi connectivity index (χ0) is 12.2. The van der Waals surface area contributed by atoms with E-state index in [1.54, 1.807) is 0 Å². The van der Waals surface area contributed by atoms with E-state index in [1.807, 2.05) is 0 Å². The van der Waals surface area contributed by atoms with Gasteiger partial charge in [0.15, 0.2) is 0 Å². The largest absolute Gasteiger partial charge is 0.0801 e. The van der Waals surface area contributed by atoms with Crippen molar-refractivity contribution >= 4 is 18.2 Å². The second-order valence-electron chi connectivity index (χ2n) is 4.60. The molecular formula is C18H16. The van der Waals surface area contributed by atoms with Gasteiger partial charge in [-0.2, -0.15) is 0 Å². The Morgan fingerprint density at radius 2 is 1.67 bits per heavy atom. The van der Waals surface area contributed by atoms with Crippen molar-refractivity contribution in [2.45, 2.75) is 12.8 Å². The maximum atomic E-state index is 2.27. The van der Waals surface area contributed by atoms with Gasteiger partial charge in [0.2, 0.25) is 0 Å². The molecule has 1 aromatic rings. The van der Waals surface area contributed by atoms with Crippen LogP contribution < -0.4 is 10.4 Å². The van der Waals surface area contributed by atoms with Crippen molar-refractivity contribution in [3.05, 3.63) is 76.2 Å². The Labute approximate surface area is 108 Å². The van der Waals surface area contributed by atoms with E-state index >= 15 is 0 Å². The molecule has 0 aromatic heterocycles. The number of rotatable bonds is 1. The molecule has 0 spiro atoms. The van der Waals surface area contributed by atoms with E-state index in [1.165, 1.54) is 21.6 Å². The number of allylic oxidation sites excluding steroid dienone is 7. The summed E-state index contributed by atoms with van der Waals surface area (Å²) in [4.78, 5) is 0. The molecule has 0 radical (unpaired) electrons. The lowest BCUT2D eigenvalue weighted by Gasteiger charge is -2.01. The van der Waals surface area contributed by atoms with Crippen LogP contribution in [0.4, 0.5) is 0 Å². The fourth-order valence-electron chi connectivity index (χ4n) is 2.26. The molecule has 88 valence electrons. The molecule has 0 heteroatoms. The molecule has 0 amide bonds. The smallest absolute Gasteiger partial charge is 0.0157 e. The average Bonchev–Trinajstić information content (AvgIpc) is 2.46. The molecule has 0 saturated heterocycles. The normalized spacial score (nSPS) is 17.6. The van der Waals surface area contributed by atoms with Gasteiger partial charge in [-0.3, -0.25) is 0 Å². The highest BCUT2D eigenvalue weighted by atomic mass is 14.0. The summed E-state index contributed by atoms with van der Waals surface area (Å²) in [5, 5.41) is 2.60. The van der Waals surface area contributed by atoms with Gasteiger partial charge in [0.25, 0.3) is 0 Å². The Balaban J connectivity index is 1.98. The Hall–Kier alpha value is -2.08. The summed E-state index contributed by atoms with van der Waals surface area (Å²) in [5.41, 5.74) is 2.59. The molecule has 3 rings (SSSR count). The van der Waals surface area contributed by atoms with Crippen LogP contribution >= 0.6 is 0 Å². The van der Waals surface area contributed by atoms with E-state index in [2.05, 4.69) is 72.9 Å². The highest BCUT2D eigenvalue weighted by molar-refractivity contribution is 5.58. The molecule has 0 unspecified atom stereocenters. The predicted molar refractivity (Wildman–Crippen MR) is 79.3 cm³/mol. The second-order valence-corrected chi connectivity index (χ2v) is 4.60. The maximum absolute atomic E-state index is 2.27. The Bertz CT molecular complexity index is 665. The van der Waals surface area contributed by atoms with Crippen molar-refractivity contribution in [2.75, 3.05) is 0 Å². The van der Waals surface area contributed by atoms with Gasteiger partial charge in [0.05, 0.1) is 0 Å². The Morgan fingerprint density at radius 1 is 0.833 bits per heavy atom. The molecule has 0 aliphatic heterocycles. The second kappa shape index (κ2) is 5.05. The van der Waals surface area contributed by atoms with Gasteiger partial charge in [-0.1, -0.05) is 66.8 Å². The zero-order valence-electron chi connectivity index (χ0n) is 10.3. The van der Waals surface area contributed by atoms with E-state index in [4.69, 9.17) is 0 Å². The molecule has 18 heavy (non-hydrogen) atoms. The van der Waals surface area contributed by atoms with Gasteiger partial charge in [0, 0.05) is 0 Å². The van der Waals surface area contributed by atoms with Gasteiger partial charge >= 0.3 is 0 Å². The van der Waals surface area contributed by atoms with E-state index in [-0.39, 0.29) is 0 Å². The van der Waals surface area contributed by atoms with Crippen molar-refractivity contribution < 1.29 is 0 Å². The summed E-state index contributed by atoms with van der Waals surface area (Å²) in [5.74, 6) is 0. The molecule has 0 atom stereocenters. The summed E-state index contributed by atoms with van der Waals surface area (Å²) >= 11 is 0. The minimum atomic E-state index is 1.05. The van der Waals surface area contributed by atoms with Gasteiger partial charge in [-0.05, 0) is 40.5 Å². The molecular weight excluding hydrogens is 216 g/mol. The van der Waals surface area contributed by atoms with Crippen LogP contribution in [-0.4, -0.2) is 0 Å². The Kier molecular flexibility index (Phi) is 3.10. The third kappa shape index (κ3) is 2.43. The first-order valence-electron chi connectivity index (χ1n) is 6.44. The highest BCUT2D eigenvalue weighted by Crippen LogP contribution is 2.07. The van der Waals surface area contributed by atoms with Crippen LogP contribution in [0.3, 0.4) is 0 Å². The first kappa shape index (κ1) is 11.0. The first-order chi connectivity index (χ1) is 8.92. The van der Waals surface area contributed by atoms with Gasteiger partial charge in [-0.25, -0.2) is 0 Å². The summed E-state index contributed by atoms with van der Waals surface area (Å²) in [6.45, 7) is 0. The van der Waals surface area contributed by atoms with E-state index in [0.29, 0.717) is 0 Å². The third-order valence-electron chi connectivity index (χ3n) is 3.24. The van der Waals surface area contributed by atoms with Crippen LogP contribution in [0.1, 0.15) is 18.4 Å². The highest BCUT2D eigenvalue weighted by Gasteiger charge is 1.94. The van der Waals surface area contributed by atoms with Crippen molar-refractivity contribution in [1.82, 2.24) is 0 Å². The SMILES string of the molecule is C1=CC(=C/C=c2/ccc3c(c2)C=CCC=3)C=CC1. The van der Waals surface area contributed by atoms with E-state index < -0.39 is 0 Å². The summed E-state index contributed by atoms with van der Waals surface area (Å²) in [6, 6.07) is 6.63. The third-order valence-corrected chi connectivity index (χ3v) is 3.24. The molecule has 2 aliphatic rings. The van der Waals surface area contributed by atoms with Crippen molar-refractivity contribution in [3.8, 4) is 0 Å². The van der Waals surface area contributed by atoms with Crippen LogP contribution in [-0.2, 0) is 0 Å². The molecule has 2 aliphatic carbocycles. The molecule has 0 bridgehead atoms. The molecule has 0 saturated carbocycles. The quantitative estimate of drug-likeness (QED) is 0.698.